The van der Waals surface area contributed by atoms with Crippen LogP contribution in [0.4, 0.5) is 10.6 Å². The van der Waals surface area contributed by atoms with Gasteiger partial charge in [0.05, 0.1) is 12.9 Å². The maximum absolute atomic E-state index is 12.2. The maximum atomic E-state index is 12.2. The second-order valence-corrected chi connectivity index (χ2v) is 4.91. The number of nitrogens with one attached hydrogen (secondary N) is 2. The molecule has 1 aromatic heterocycles. The van der Waals surface area contributed by atoms with Crippen molar-refractivity contribution in [1.29, 1.82) is 0 Å². The fourth-order valence-corrected chi connectivity index (χ4v) is 2.42. The van der Waals surface area contributed by atoms with E-state index in [-0.39, 0.29) is 16.5 Å². The van der Waals surface area contributed by atoms with Crippen molar-refractivity contribution >= 4 is 43.4 Å². The Labute approximate surface area is 110 Å². The van der Waals surface area contributed by atoms with E-state index >= 15 is 0 Å². The Morgan fingerprint density at radius 1 is 1.53 bits per heavy atom. The molecule has 92 valence electrons. The van der Waals surface area contributed by atoms with E-state index in [4.69, 9.17) is 25.6 Å². The van der Waals surface area contributed by atoms with Crippen molar-refractivity contribution in [1.82, 2.24) is 9.97 Å². The van der Waals surface area contributed by atoms with E-state index < -0.39 is 15.8 Å². The average molecular weight is 272 g/mol. The first-order chi connectivity index (χ1) is 8.02. The number of fused-ring (bicyclic) bond motifs is 1. The van der Waals surface area contributed by atoms with Gasteiger partial charge in [-0.05, 0) is 6.42 Å². The highest BCUT2D eigenvalue weighted by atomic mass is 32.1. The number of carbonyl (C=O) groups is 2. The molecule has 1 aromatic rings. The number of H-pyrrole nitrogens is 1. The number of aromatic nitrogens is 2. The molecule has 0 saturated carbocycles. The van der Waals surface area contributed by atoms with Gasteiger partial charge in [-0.2, -0.15) is 4.79 Å². The molecule has 8 heteroatoms. The van der Waals surface area contributed by atoms with Crippen molar-refractivity contribution in [2.24, 2.45) is 0 Å². The summed E-state index contributed by atoms with van der Waals surface area (Å²) in [5.41, 5.74) is 0.181. The number of hydrogen-bond acceptors (Lipinski definition) is 5. The molecule has 3 amide bonds. The molecule has 0 aliphatic carbocycles. The molecule has 0 aromatic carbocycles. The number of nitrogens with zero attached hydrogens (tertiary/aromatic N) is 2. The highest BCUT2D eigenvalue weighted by molar-refractivity contribution is 7.53. The second-order valence-electron chi connectivity index (χ2n) is 3.88. The van der Waals surface area contributed by atoms with Crippen LogP contribution in [0, 0.1) is 0 Å². The molecule has 2 heterocycles. The fraction of sp³-hybridized carbons (Fsp3) is 0.444. The van der Waals surface area contributed by atoms with Crippen LogP contribution in [0.25, 0.3) is 0 Å². The summed E-state index contributed by atoms with van der Waals surface area (Å²) >= 11 is 10.2. The van der Waals surface area contributed by atoms with Gasteiger partial charge in [-0.15, -0.1) is 0 Å². The van der Waals surface area contributed by atoms with Gasteiger partial charge in [0.15, 0.2) is 0 Å². The van der Waals surface area contributed by atoms with Gasteiger partial charge in [0.2, 0.25) is 11.5 Å². The van der Waals surface area contributed by atoms with Gasteiger partial charge in [-0.1, -0.05) is 13.3 Å². The first-order valence-electron chi connectivity index (χ1n) is 5.29. The minimum Gasteiger partial charge on any atom is -0.473 e. The Hall–Kier alpha value is -0.830. The van der Waals surface area contributed by atoms with Crippen molar-refractivity contribution < 1.29 is 17.8 Å². The smallest absolute Gasteiger partial charge is 0.473 e. The Kier molecular flexibility index (Phi) is 3.30. The van der Waals surface area contributed by atoms with Crippen LogP contribution < -0.4 is 4.31 Å². The number of hydrogen-bond donors (Lipinski definition) is 2. The van der Waals surface area contributed by atoms with Gasteiger partial charge in [0.1, 0.15) is 0 Å². The number of carbonyl (C=O) groups excluding carboxylic acids is 2. The molecule has 0 fully saturated rings. The number of aromatic amines is 1. The van der Waals surface area contributed by atoms with Crippen LogP contribution in [0.15, 0.2) is 6.33 Å². The molecule has 1 aliphatic heterocycles. The predicted molar refractivity (Wildman–Crippen MR) is 63.7 cm³/mol. The topological polar surface area (TPSA) is 67.3 Å². The molecule has 0 spiro atoms. The Bertz CT molecular complexity index is 475. The van der Waals surface area contributed by atoms with Gasteiger partial charge in [0.25, 0.3) is 0 Å². The Morgan fingerprint density at radius 2 is 2.24 bits per heavy atom. The van der Waals surface area contributed by atoms with E-state index in [1.807, 2.05) is 6.92 Å². The SMILES string of the molecule is CCCC[N+]1([S-])C(=O)c2nc[nH]c2[NH+]([S-])C1=O. The lowest BCUT2D eigenvalue weighted by Gasteiger charge is -2.41. The quantitative estimate of drug-likeness (QED) is 0.586. The Balaban J connectivity index is 2.44. The van der Waals surface area contributed by atoms with Crippen molar-refractivity contribution in [3.8, 4) is 0 Å². The zero-order chi connectivity index (χ0) is 12.6. The molecule has 0 saturated heterocycles. The number of imide groups is 1. The van der Waals surface area contributed by atoms with Crippen LogP contribution in [0.5, 0.6) is 0 Å². The van der Waals surface area contributed by atoms with E-state index in [1.54, 1.807) is 0 Å². The third-order valence-corrected chi connectivity index (χ3v) is 3.64. The van der Waals surface area contributed by atoms with Gasteiger partial charge >= 0.3 is 11.9 Å². The summed E-state index contributed by atoms with van der Waals surface area (Å²) in [5.74, 6) is -0.131. The monoisotopic (exact) mass is 272 g/mol. The molecule has 0 radical (unpaired) electrons. The highest BCUT2D eigenvalue weighted by Crippen LogP contribution is 2.20. The predicted octanol–water partition coefficient (Wildman–Crippen LogP) is -0.259. The summed E-state index contributed by atoms with van der Waals surface area (Å²) in [5, 5.41) is 0. The van der Waals surface area contributed by atoms with Crippen LogP contribution in [0.1, 0.15) is 30.3 Å². The zero-order valence-corrected chi connectivity index (χ0v) is 10.9. The minimum atomic E-state index is -0.704. The summed E-state index contributed by atoms with van der Waals surface area (Å²) in [6.45, 7) is 2.26. The minimum absolute atomic E-state index is 0.0724. The zero-order valence-electron chi connectivity index (χ0n) is 9.23. The van der Waals surface area contributed by atoms with Gasteiger partial charge in [0, 0.05) is 0 Å². The van der Waals surface area contributed by atoms with E-state index in [2.05, 4.69) is 9.97 Å². The van der Waals surface area contributed by atoms with Crippen LogP contribution in [-0.2, 0) is 25.6 Å². The van der Waals surface area contributed by atoms with Crippen molar-refractivity contribution in [2.45, 2.75) is 19.8 Å². The summed E-state index contributed by atoms with van der Waals surface area (Å²) in [7, 11) is 0. The lowest BCUT2D eigenvalue weighted by molar-refractivity contribution is -0.749. The summed E-state index contributed by atoms with van der Waals surface area (Å²) < 4.78 is -0.631. The van der Waals surface area contributed by atoms with Crippen molar-refractivity contribution in [3.05, 3.63) is 12.0 Å². The summed E-state index contributed by atoms with van der Waals surface area (Å²) in [6.07, 6.45) is 2.91. The first-order valence-corrected chi connectivity index (χ1v) is 6.06. The van der Waals surface area contributed by atoms with Crippen LogP contribution in [0.2, 0.25) is 0 Å². The van der Waals surface area contributed by atoms with E-state index in [0.29, 0.717) is 12.2 Å². The molecular formula is C9H12N4O2S2. The van der Waals surface area contributed by atoms with E-state index in [9.17, 15) is 9.59 Å². The molecule has 6 nitrogen and oxygen atoms in total. The normalized spacial score (nSPS) is 28.3. The summed E-state index contributed by atoms with van der Waals surface area (Å²) in [6, 6.07) is -0.495. The third-order valence-electron chi connectivity index (χ3n) is 2.75. The lowest BCUT2D eigenvalue weighted by atomic mass is 10.2. The molecule has 2 unspecified atom stereocenters. The molecule has 2 rings (SSSR count). The number of urea groups is 1. The molecule has 0 bridgehead atoms. The second kappa shape index (κ2) is 4.45. The molecule has 2 atom stereocenters. The number of imidazole rings is 1. The molecule has 2 N–H and O–H groups in total. The number of unbranched alkanes of at least 4 members (excludes halogenated alkanes) is 1. The van der Waals surface area contributed by atoms with Crippen LogP contribution >= 0.6 is 0 Å². The molecular weight excluding hydrogens is 260 g/mol. The van der Waals surface area contributed by atoms with E-state index in [1.165, 1.54) is 6.33 Å². The maximum Gasteiger partial charge on any atom is 0.490 e. The standard InChI is InChI=1S/C9H12N4O2S2/c1-2-3-4-13(17)8(14)6-7(11-5-10-6)12(16)9(13)15/h5,12H,2-4H2,1H3,(H,10,11). The number of rotatable bonds is 3. The van der Waals surface area contributed by atoms with Gasteiger partial charge in [-0.3, -0.25) is 13.2 Å². The first kappa shape index (κ1) is 12.6. The van der Waals surface area contributed by atoms with Crippen molar-refractivity contribution in [2.75, 3.05) is 6.54 Å². The fourth-order valence-electron chi connectivity index (χ4n) is 1.75. The third kappa shape index (κ3) is 1.81. The van der Waals surface area contributed by atoms with E-state index in [0.717, 1.165) is 6.42 Å². The number of quaternary nitrogens is 2. The Morgan fingerprint density at radius 3 is 2.88 bits per heavy atom. The van der Waals surface area contributed by atoms with Crippen molar-refractivity contribution in [3.63, 3.8) is 0 Å². The molecule has 17 heavy (non-hydrogen) atoms. The molecule has 1 aliphatic rings. The average Bonchev–Trinajstić information content (AvgIpc) is 2.80. The highest BCUT2D eigenvalue weighted by Gasteiger charge is 2.48. The van der Waals surface area contributed by atoms with Crippen LogP contribution in [0.3, 0.4) is 0 Å². The lowest BCUT2D eigenvalue weighted by Crippen LogP contribution is -3.10. The van der Waals surface area contributed by atoms with Gasteiger partial charge in [-0.25, -0.2) is 9.78 Å². The largest absolute Gasteiger partial charge is 0.490 e. The van der Waals surface area contributed by atoms with Crippen LogP contribution in [-0.4, -0.2) is 32.3 Å². The van der Waals surface area contributed by atoms with Gasteiger partial charge < -0.3 is 25.6 Å². The summed E-state index contributed by atoms with van der Waals surface area (Å²) in [4.78, 5) is 30.9. The number of amides is 3.